The molecule has 14 heavy (non-hydrogen) atoms. The number of methoxy groups -OCH3 is 1. The molecule has 0 heterocycles. The number of hydrogen-bond acceptors (Lipinski definition) is 2. The van der Waals surface area contributed by atoms with Crippen LogP contribution >= 0.6 is 0 Å². The van der Waals surface area contributed by atoms with Crippen molar-refractivity contribution in [2.45, 2.75) is 6.42 Å². The zero-order chi connectivity index (χ0) is 10.4. The Bertz CT molecular complexity index is 307. The fraction of sp³-hybridized carbons (Fsp3) is 0.333. The molecule has 0 spiro atoms. The number of hydrogen-bond donors (Lipinski definition) is 1. The summed E-state index contributed by atoms with van der Waals surface area (Å²) in [4.78, 5) is 0. The number of ether oxygens (including phenoxy) is 1. The maximum atomic E-state index is 5.15. The molecule has 0 radical (unpaired) electrons. The van der Waals surface area contributed by atoms with Crippen LogP contribution in [0, 0.1) is 0 Å². The van der Waals surface area contributed by atoms with E-state index >= 15 is 0 Å². The zero-order valence-electron chi connectivity index (χ0n) is 8.84. The second-order valence-corrected chi connectivity index (χ2v) is 3.31. The summed E-state index contributed by atoms with van der Waals surface area (Å²) in [7, 11) is 3.61. The van der Waals surface area contributed by atoms with Gasteiger partial charge >= 0.3 is 0 Å². The summed E-state index contributed by atoms with van der Waals surface area (Å²) >= 11 is 0. The second-order valence-electron chi connectivity index (χ2n) is 3.31. The highest BCUT2D eigenvalue weighted by Gasteiger charge is 1.98. The summed E-state index contributed by atoms with van der Waals surface area (Å²) < 4.78 is 5.15. The normalized spacial score (nSPS) is 9.86. The minimum absolute atomic E-state index is 0.858. The molecule has 0 atom stereocenters. The molecule has 0 aromatic heterocycles. The standard InChI is InChI=1S/C12H17NO/c1-10(9-13-2)7-11-5-4-6-12(8-11)14-3/h4-6,8,13H,1,7,9H2,2-3H3. The Kier molecular flexibility index (Phi) is 4.20. The average molecular weight is 191 g/mol. The van der Waals surface area contributed by atoms with Gasteiger partial charge in [0.15, 0.2) is 0 Å². The van der Waals surface area contributed by atoms with Gasteiger partial charge in [-0.25, -0.2) is 0 Å². The molecule has 0 bridgehead atoms. The molecular weight excluding hydrogens is 174 g/mol. The van der Waals surface area contributed by atoms with Crippen molar-refractivity contribution in [3.63, 3.8) is 0 Å². The van der Waals surface area contributed by atoms with Crippen molar-refractivity contribution in [1.29, 1.82) is 0 Å². The monoisotopic (exact) mass is 191 g/mol. The fourth-order valence-electron chi connectivity index (χ4n) is 1.38. The van der Waals surface area contributed by atoms with Gasteiger partial charge in [-0.15, -0.1) is 0 Å². The third-order valence-corrected chi connectivity index (χ3v) is 2.02. The molecule has 2 nitrogen and oxygen atoms in total. The summed E-state index contributed by atoms with van der Waals surface area (Å²) in [5.74, 6) is 0.903. The first-order chi connectivity index (χ1) is 6.76. The quantitative estimate of drug-likeness (QED) is 0.719. The van der Waals surface area contributed by atoms with Gasteiger partial charge in [0.2, 0.25) is 0 Å². The summed E-state index contributed by atoms with van der Waals surface area (Å²) in [5.41, 5.74) is 2.42. The molecule has 0 fully saturated rings. The third kappa shape index (κ3) is 3.23. The first-order valence-corrected chi connectivity index (χ1v) is 4.70. The molecule has 0 saturated carbocycles. The van der Waals surface area contributed by atoms with Gasteiger partial charge in [0.25, 0.3) is 0 Å². The lowest BCUT2D eigenvalue weighted by Gasteiger charge is -2.06. The molecule has 0 saturated heterocycles. The molecule has 2 heteroatoms. The van der Waals surface area contributed by atoms with Crippen molar-refractivity contribution in [1.82, 2.24) is 5.32 Å². The minimum atomic E-state index is 0.858. The minimum Gasteiger partial charge on any atom is -0.497 e. The lowest BCUT2D eigenvalue weighted by atomic mass is 10.1. The van der Waals surface area contributed by atoms with Crippen LogP contribution in [0.15, 0.2) is 36.4 Å². The van der Waals surface area contributed by atoms with Gasteiger partial charge < -0.3 is 10.1 Å². The predicted molar refractivity (Wildman–Crippen MR) is 59.8 cm³/mol. The van der Waals surface area contributed by atoms with E-state index in [9.17, 15) is 0 Å². The summed E-state index contributed by atoms with van der Waals surface area (Å²) in [6.07, 6.45) is 0.901. The Morgan fingerprint density at radius 2 is 2.29 bits per heavy atom. The molecule has 0 amide bonds. The molecule has 1 rings (SSSR count). The maximum Gasteiger partial charge on any atom is 0.119 e. The molecule has 0 aliphatic rings. The van der Waals surface area contributed by atoms with Gasteiger partial charge in [0, 0.05) is 6.54 Å². The van der Waals surface area contributed by atoms with E-state index in [2.05, 4.69) is 18.0 Å². The van der Waals surface area contributed by atoms with E-state index < -0.39 is 0 Å². The largest absolute Gasteiger partial charge is 0.497 e. The second kappa shape index (κ2) is 5.45. The van der Waals surface area contributed by atoms with Crippen molar-refractivity contribution in [3.8, 4) is 5.75 Å². The van der Waals surface area contributed by atoms with E-state index in [0.29, 0.717) is 0 Å². The number of rotatable bonds is 5. The smallest absolute Gasteiger partial charge is 0.119 e. The lowest BCUT2D eigenvalue weighted by Crippen LogP contribution is -2.11. The van der Waals surface area contributed by atoms with Gasteiger partial charge in [-0.3, -0.25) is 0 Å². The van der Waals surface area contributed by atoms with Crippen molar-refractivity contribution in [2.24, 2.45) is 0 Å². The van der Waals surface area contributed by atoms with Crippen LogP contribution in [0.1, 0.15) is 5.56 Å². The van der Waals surface area contributed by atoms with E-state index in [1.807, 2.05) is 25.2 Å². The Morgan fingerprint density at radius 3 is 2.93 bits per heavy atom. The summed E-state index contributed by atoms with van der Waals surface area (Å²) in [6.45, 7) is 4.85. The van der Waals surface area contributed by atoms with Crippen LogP contribution in [-0.4, -0.2) is 20.7 Å². The van der Waals surface area contributed by atoms with Crippen LogP contribution in [0.25, 0.3) is 0 Å². The van der Waals surface area contributed by atoms with Crippen molar-refractivity contribution in [3.05, 3.63) is 42.0 Å². The highest BCUT2D eigenvalue weighted by Crippen LogP contribution is 2.14. The van der Waals surface area contributed by atoms with Gasteiger partial charge in [0.1, 0.15) is 5.75 Å². The molecule has 1 aromatic rings. The lowest BCUT2D eigenvalue weighted by molar-refractivity contribution is 0.414. The van der Waals surface area contributed by atoms with Crippen LogP contribution in [0.3, 0.4) is 0 Å². The Labute approximate surface area is 85.6 Å². The molecule has 0 aliphatic carbocycles. The van der Waals surface area contributed by atoms with Crippen molar-refractivity contribution < 1.29 is 4.74 Å². The SMILES string of the molecule is C=C(CNC)Cc1cccc(OC)c1. The van der Waals surface area contributed by atoms with Crippen LogP contribution in [0.4, 0.5) is 0 Å². The van der Waals surface area contributed by atoms with Gasteiger partial charge in [-0.1, -0.05) is 24.3 Å². The topological polar surface area (TPSA) is 21.3 Å². The van der Waals surface area contributed by atoms with Crippen LogP contribution in [0.5, 0.6) is 5.75 Å². The maximum absolute atomic E-state index is 5.15. The summed E-state index contributed by atoms with van der Waals surface area (Å²) in [6, 6.07) is 8.08. The van der Waals surface area contributed by atoms with E-state index in [1.165, 1.54) is 11.1 Å². The number of likely N-dealkylation sites (N-methyl/N-ethyl adjacent to an activating group) is 1. The number of benzene rings is 1. The van der Waals surface area contributed by atoms with Crippen molar-refractivity contribution in [2.75, 3.05) is 20.7 Å². The molecule has 76 valence electrons. The van der Waals surface area contributed by atoms with Crippen LogP contribution in [-0.2, 0) is 6.42 Å². The van der Waals surface area contributed by atoms with E-state index in [4.69, 9.17) is 4.74 Å². The average Bonchev–Trinajstić information content (AvgIpc) is 2.18. The van der Waals surface area contributed by atoms with E-state index in [1.54, 1.807) is 7.11 Å². The van der Waals surface area contributed by atoms with Gasteiger partial charge in [-0.05, 0) is 31.2 Å². The van der Waals surface area contributed by atoms with Crippen LogP contribution < -0.4 is 10.1 Å². The Morgan fingerprint density at radius 1 is 1.50 bits per heavy atom. The molecular formula is C12H17NO. The fourth-order valence-corrected chi connectivity index (χ4v) is 1.38. The first kappa shape index (κ1) is 10.8. The first-order valence-electron chi connectivity index (χ1n) is 4.70. The Balaban J connectivity index is 2.62. The molecule has 1 aromatic carbocycles. The van der Waals surface area contributed by atoms with E-state index in [-0.39, 0.29) is 0 Å². The summed E-state index contributed by atoms with van der Waals surface area (Å²) in [5, 5.41) is 3.09. The predicted octanol–water partition coefficient (Wildman–Crippen LogP) is 2.01. The van der Waals surface area contributed by atoms with Crippen molar-refractivity contribution >= 4 is 0 Å². The third-order valence-electron chi connectivity index (χ3n) is 2.02. The zero-order valence-corrected chi connectivity index (χ0v) is 8.84. The molecule has 1 N–H and O–H groups in total. The molecule has 0 aliphatic heterocycles. The van der Waals surface area contributed by atoms with Gasteiger partial charge in [0.05, 0.1) is 7.11 Å². The van der Waals surface area contributed by atoms with Gasteiger partial charge in [-0.2, -0.15) is 0 Å². The van der Waals surface area contributed by atoms with Crippen LogP contribution in [0.2, 0.25) is 0 Å². The Hall–Kier alpha value is -1.28. The highest BCUT2D eigenvalue weighted by molar-refractivity contribution is 5.30. The van der Waals surface area contributed by atoms with E-state index in [0.717, 1.165) is 18.7 Å². The molecule has 0 unspecified atom stereocenters. The number of nitrogens with one attached hydrogen (secondary N) is 1. The highest BCUT2D eigenvalue weighted by atomic mass is 16.5.